The van der Waals surface area contributed by atoms with Crippen molar-refractivity contribution >= 4 is 15.9 Å². The van der Waals surface area contributed by atoms with Crippen LogP contribution in [0.5, 0.6) is 0 Å². The summed E-state index contributed by atoms with van der Waals surface area (Å²) in [6, 6.07) is 10.7. The van der Waals surface area contributed by atoms with E-state index in [-0.39, 0.29) is 23.3 Å². The number of piperidine rings is 1. The minimum atomic E-state index is -3.74. The fourth-order valence-electron chi connectivity index (χ4n) is 4.22. The molecule has 1 aromatic heterocycles. The largest absolute Gasteiger partial charge is 0.340 e. The summed E-state index contributed by atoms with van der Waals surface area (Å²) >= 11 is 0. The van der Waals surface area contributed by atoms with E-state index in [9.17, 15) is 17.6 Å². The van der Waals surface area contributed by atoms with Crippen LogP contribution in [-0.2, 0) is 21.4 Å². The molecule has 1 unspecified atom stereocenters. The van der Waals surface area contributed by atoms with Gasteiger partial charge in [0.25, 0.3) is 0 Å². The molecular formula is C22H27FN4O3S. The molecule has 2 aliphatic heterocycles. The molecule has 0 aliphatic carbocycles. The fraction of sp³-hybridized carbons (Fsp3) is 0.455. The van der Waals surface area contributed by atoms with E-state index in [4.69, 9.17) is 0 Å². The van der Waals surface area contributed by atoms with Crippen LogP contribution in [-0.4, -0.2) is 72.7 Å². The quantitative estimate of drug-likeness (QED) is 0.702. The van der Waals surface area contributed by atoms with Gasteiger partial charge in [-0.2, -0.15) is 4.31 Å². The van der Waals surface area contributed by atoms with E-state index >= 15 is 0 Å². The zero-order valence-corrected chi connectivity index (χ0v) is 18.2. The first kappa shape index (κ1) is 21.9. The van der Waals surface area contributed by atoms with Gasteiger partial charge in [0.05, 0.1) is 16.5 Å². The first-order valence-electron chi connectivity index (χ1n) is 10.6. The Morgan fingerprint density at radius 2 is 1.77 bits per heavy atom. The number of halogens is 1. The van der Waals surface area contributed by atoms with Gasteiger partial charge in [-0.3, -0.25) is 14.7 Å². The first-order valence-corrected chi connectivity index (χ1v) is 12.0. The van der Waals surface area contributed by atoms with Crippen molar-refractivity contribution in [3.05, 3.63) is 60.2 Å². The highest BCUT2D eigenvalue weighted by Gasteiger charge is 2.35. The maximum Gasteiger partial charge on any atom is 0.243 e. The van der Waals surface area contributed by atoms with Crippen LogP contribution < -0.4 is 0 Å². The molecule has 31 heavy (non-hydrogen) atoms. The van der Waals surface area contributed by atoms with Gasteiger partial charge < -0.3 is 4.90 Å². The summed E-state index contributed by atoms with van der Waals surface area (Å²) in [6.45, 7) is 4.11. The van der Waals surface area contributed by atoms with Gasteiger partial charge in [0.15, 0.2) is 0 Å². The van der Waals surface area contributed by atoms with E-state index in [0.29, 0.717) is 32.5 Å². The van der Waals surface area contributed by atoms with Gasteiger partial charge in [-0.05, 0) is 49.2 Å². The molecule has 9 heteroatoms. The number of nitrogens with zero attached hydrogens (tertiary/aromatic N) is 4. The summed E-state index contributed by atoms with van der Waals surface area (Å²) < 4.78 is 40.4. The lowest BCUT2D eigenvalue weighted by molar-refractivity contribution is -0.138. The minimum Gasteiger partial charge on any atom is -0.340 e. The van der Waals surface area contributed by atoms with E-state index in [0.717, 1.165) is 37.5 Å². The van der Waals surface area contributed by atoms with Crippen LogP contribution in [0.15, 0.2) is 53.6 Å². The second-order valence-electron chi connectivity index (χ2n) is 8.08. The molecule has 7 nitrogen and oxygen atoms in total. The highest BCUT2D eigenvalue weighted by atomic mass is 32.2. The van der Waals surface area contributed by atoms with E-state index in [1.165, 1.54) is 16.4 Å². The van der Waals surface area contributed by atoms with Crippen LogP contribution >= 0.6 is 0 Å². The van der Waals surface area contributed by atoms with Crippen molar-refractivity contribution in [2.75, 3.05) is 39.3 Å². The molecule has 0 N–H and O–H groups in total. The van der Waals surface area contributed by atoms with Crippen molar-refractivity contribution in [3.63, 3.8) is 0 Å². The number of hydrogen-bond donors (Lipinski definition) is 0. The SMILES string of the molecule is O=C(C1CCCN(S(=O)(=O)c2ccc(F)cc2)C1)N1CCN(Cc2ccccn2)CC1. The number of pyridine rings is 1. The zero-order valence-electron chi connectivity index (χ0n) is 17.4. The zero-order chi connectivity index (χ0) is 21.8. The number of carbonyl (C=O) groups is 1. The predicted octanol–water partition coefficient (Wildman–Crippen LogP) is 1.97. The Labute approximate surface area is 182 Å². The average molecular weight is 447 g/mol. The number of rotatable bonds is 5. The Hall–Kier alpha value is -2.36. The summed E-state index contributed by atoms with van der Waals surface area (Å²) in [6.07, 6.45) is 3.10. The van der Waals surface area contributed by atoms with Gasteiger partial charge in [0, 0.05) is 52.0 Å². The van der Waals surface area contributed by atoms with Gasteiger partial charge in [-0.1, -0.05) is 6.07 Å². The Balaban J connectivity index is 1.34. The number of amides is 1. The maximum atomic E-state index is 13.2. The lowest BCUT2D eigenvalue weighted by Crippen LogP contribution is -2.52. The summed E-state index contributed by atoms with van der Waals surface area (Å²) in [5.74, 6) is -0.796. The Bertz CT molecular complexity index is 993. The second kappa shape index (κ2) is 9.42. The molecule has 2 aromatic rings. The molecule has 0 spiro atoms. The van der Waals surface area contributed by atoms with Crippen molar-refractivity contribution in [2.45, 2.75) is 24.3 Å². The highest BCUT2D eigenvalue weighted by Crippen LogP contribution is 2.25. The molecule has 1 aromatic carbocycles. The van der Waals surface area contributed by atoms with E-state index in [1.807, 2.05) is 23.1 Å². The van der Waals surface area contributed by atoms with Crippen LogP contribution in [0, 0.1) is 11.7 Å². The number of piperazine rings is 1. The molecule has 2 aliphatic rings. The van der Waals surface area contributed by atoms with Gasteiger partial charge in [-0.25, -0.2) is 12.8 Å². The average Bonchev–Trinajstić information content (AvgIpc) is 2.80. The number of sulfonamides is 1. The van der Waals surface area contributed by atoms with Gasteiger partial charge in [0.1, 0.15) is 5.82 Å². The standard InChI is InChI=1S/C22H27FN4O3S/c23-19-6-8-21(9-7-19)31(29,30)27-11-3-4-18(16-27)22(28)26-14-12-25(13-15-26)17-20-5-1-2-10-24-20/h1-2,5-10,18H,3-4,11-17H2. The van der Waals surface area contributed by atoms with Gasteiger partial charge in [0.2, 0.25) is 15.9 Å². The number of aromatic nitrogens is 1. The topological polar surface area (TPSA) is 73.8 Å². The summed E-state index contributed by atoms with van der Waals surface area (Å²) in [5, 5.41) is 0. The third-order valence-corrected chi connectivity index (χ3v) is 7.86. The van der Waals surface area contributed by atoms with E-state index in [1.54, 1.807) is 6.20 Å². The van der Waals surface area contributed by atoms with Crippen molar-refractivity contribution in [1.29, 1.82) is 0 Å². The van der Waals surface area contributed by atoms with Crippen LogP contribution in [0.3, 0.4) is 0 Å². The maximum absolute atomic E-state index is 13.2. The molecule has 166 valence electrons. The first-order chi connectivity index (χ1) is 14.9. The molecule has 2 fully saturated rings. The summed E-state index contributed by atoms with van der Waals surface area (Å²) in [4.78, 5) is 21.6. The Kier molecular flexibility index (Phi) is 6.64. The van der Waals surface area contributed by atoms with Crippen LogP contribution in [0.25, 0.3) is 0 Å². The molecule has 0 saturated carbocycles. The van der Waals surface area contributed by atoms with Crippen molar-refractivity contribution < 1.29 is 17.6 Å². The minimum absolute atomic E-state index is 0.0245. The molecule has 1 amide bonds. The molecular weight excluding hydrogens is 419 g/mol. The van der Waals surface area contributed by atoms with Crippen molar-refractivity contribution in [1.82, 2.24) is 19.1 Å². The van der Waals surface area contributed by atoms with E-state index in [2.05, 4.69) is 9.88 Å². The Morgan fingerprint density at radius 1 is 1.03 bits per heavy atom. The Morgan fingerprint density at radius 3 is 2.45 bits per heavy atom. The van der Waals surface area contributed by atoms with Crippen molar-refractivity contribution in [2.24, 2.45) is 5.92 Å². The van der Waals surface area contributed by atoms with Crippen LogP contribution in [0.2, 0.25) is 0 Å². The monoisotopic (exact) mass is 446 g/mol. The molecule has 2 saturated heterocycles. The number of carbonyl (C=O) groups excluding carboxylic acids is 1. The number of benzene rings is 1. The summed E-state index contributed by atoms with van der Waals surface area (Å²) in [5.41, 5.74) is 1.01. The van der Waals surface area contributed by atoms with Gasteiger partial charge in [-0.15, -0.1) is 0 Å². The van der Waals surface area contributed by atoms with Crippen molar-refractivity contribution in [3.8, 4) is 0 Å². The normalized spacial score (nSPS) is 21.2. The molecule has 0 radical (unpaired) electrons. The third kappa shape index (κ3) is 5.11. The highest BCUT2D eigenvalue weighted by molar-refractivity contribution is 7.89. The molecule has 3 heterocycles. The lowest BCUT2D eigenvalue weighted by atomic mass is 9.97. The molecule has 4 rings (SSSR count). The summed E-state index contributed by atoms with van der Waals surface area (Å²) in [7, 11) is -3.74. The lowest BCUT2D eigenvalue weighted by Gasteiger charge is -2.38. The molecule has 0 bridgehead atoms. The van der Waals surface area contributed by atoms with Gasteiger partial charge >= 0.3 is 0 Å². The third-order valence-electron chi connectivity index (χ3n) is 5.98. The number of hydrogen-bond acceptors (Lipinski definition) is 5. The van der Waals surface area contributed by atoms with Crippen LogP contribution in [0.1, 0.15) is 18.5 Å². The van der Waals surface area contributed by atoms with Crippen LogP contribution in [0.4, 0.5) is 4.39 Å². The molecule has 1 atom stereocenters. The second-order valence-corrected chi connectivity index (χ2v) is 10.0. The smallest absolute Gasteiger partial charge is 0.243 e. The fourth-order valence-corrected chi connectivity index (χ4v) is 5.75. The van der Waals surface area contributed by atoms with E-state index < -0.39 is 15.8 Å². The predicted molar refractivity (Wildman–Crippen MR) is 114 cm³/mol.